The summed E-state index contributed by atoms with van der Waals surface area (Å²) in [7, 11) is 0. The van der Waals surface area contributed by atoms with Gasteiger partial charge in [0.1, 0.15) is 5.82 Å². The second-order valence-electron chi connectivity index (χ2n) is 5.96. The first-order chi connectivity index (χ1) is 13.6. The number of carbonyl (C=O) groups is 2. The minimum Gasteiger partial charge on any atom is -0.348 e. The van der Waals surface area contributed by atoms with E-state index >= 15 is 0 Å². The highest BCUT2D eigenvalue weighted by molar-refractivity contribution is 6.04. The largest absolute Gasteiger partial charge is 0.348 e. The molecule has 0 fully saturated rings. The predicted octanol–water partition coefficient (Wildman–Crippen LogP) is 3.80. The molecule has 1 heterocycles. The summed E-state index contributed by atoms with van der Waals surface area (Å²) in [5.41, 5.74) is 2.55. The van der Waals surface area contributed by atoms with Crippen molar-refractivity contribution in [2.45, 2.75) is 6.54 Å². The summed E-state index contributed by atoms with van der Waals surface area (Å²) in [6, 6.07) is 16.4. The van der Waals surface area contributed by atoms with Gasteiger partial charge in [-0.1, -0.05) is 30.3 Å². The van der Waals surface area contributed by atoms with E-state index < -0.39 is 0 Å². The van der Waals surface area contributed by atoms with Crippen LogP contribution in [0.4, 0.5) is 10.1 Å². The number of benzene rings is 2. The van der Waals surface area contributed by atoms with E-state index in [-0.39, 0.29) is 24.2 Å². The lowest BCUT2D eigenvalue weighted by atomic mass is 10.1. The molecule has 28 heavy (non-hydrogen) atoms. The van der Waals surface area contributed by atoms with Crippen molar-refractivity contribution in [3.05, 3.63) is 102 Å². The van der Waals surface area contributed by atoms with Gasteiger partial charge >= 0.3 is 0 Å². The third kappa shape index (κ3) is 5.35. The molecule has 0 aliphatic carbocycles. The van der Waals surface area contributed by atoms with Crippen molar-refractivity contribution in [1.82, 2.24) is 10.3 Å². The summed E-state index contributed by atoms with van der Waals surface area (Å²) >= 11 is 0. The predicted molar refractivity (Wildman–Crippen MR) is 106 cm³/mol. The second kappa shape index (κ2) is 9.23. The van der Waals surface area contributed by atoms with Gasteiger partial charge in [0.2, 0.25) is 5.91 Å². The van der Waals surface area contributed by atoms with E-state index in [1.54, 1.807) is 48.7 Å². The molecule has 0 unspecified atom stereocenters. The van der Waals surface area contributed by atoms with E-state index in [9.17, 15) is 14.0 Å². The van der Waals surface area contributed by atoms with Crippen LogP contribution < -0.4 is 10.6 Å². The van der Waals surface area contributed by atoms with Gasteiger partial charge in [0, 0.05) is 30.7 Å². The number of pyridine rings is 1. The number of nitrogens with zero attached hydrogens (tertiary/aromatic N) is 1. The summed E-state index contributed by atoms with van der Waals surface area (Å²) in [5, 5.41) is 5.60. The maximum atomic E-state index is 12.9. The van der Waals surface area contributed by atoms with Crippen molar-refractivity contribution < 1.29 is 14.0 Å². The van der Waals surface area contributed by atoms with Gasteiger partial charge in [0.05, 0.1) is 5.56 Å². The van der Waals surface area contributed by atoms with Crippen LogP contribution in [0, 0.1) is 5.82 Å². The fourth-order valence-electron chi connectivity index (χ4n) is 2.48. The van der Waals surface area contributed by atoms with Crippen LogP contribution in [0.5, 0.6) is 0 Å². The highest BCUT2D eigenvalue weighted by Gasteiger charge is 2.09. The highest BCUT2D eigenvalue weighted by atomic mass is 19.1. The molecule has 140 valence electrons. The number of hydrogen-bond acceptors (Lipinski definition) is 3. The molecule has 0 saturated carbocycles. The Balaban J connectivity index is 1.61. The molecular formula is C22H18FN3O2. The topological polar surface area (TPSA) is 71.1 Å². The zero-order chi connectivity index (χ0) is 19.8. The fraction of sp³-hybridized carbons (Fsp3) is 0.0455. The lowest BCUT2D eigenvalue weighted by Gasteiger charge is -2.11. The molecule has 0 atom stereocenters. The normalized spacial score (nSPS) is 10.6. The molecule has 0 aliphatic heterocycles. The number of para-hydroxylation sites is 1. The van der Waals surface area contributed by atoms with Gasteiger partial charge in [-0.2, -0.15) is 0 Å². The van der Waals surface area contributed by atoms with Gasteiger partial charge in [-0.3, -0.25) is 14.6 Å². The Hall–Kier alpha value is -3.80. The van der Waals surface area contributed by atoms with Crippen LogP contribution in [0.2, 0.25) is 0 Å². The number of halogens is 1. The molecule has 6 heteroatoms. The molecule has 2 aromatic carbocycles. The molecule has 5 nitrogen and oxygen atoms in total. The summed E-state index contributed by atoms with van der Waals surface area (Å²) < 4.78 is 12.9. The minimum atomic E-state index is -0.327. The van der Waals surface area contributed by atoms with Crippen LogP contribution in [0.3, 0.4) is 0 Å². The van der Waals surface area contributed by atoms with Crippen LogP contribution in [0.1, 0.15) is 21.5 Å². The monoisotopic (exact) mass is 375 g/mol. The van der Waals surface area contributed by atoms with Gasteiger partial charge in [-0.15, -0.1) is 0 Å². The smallest absolute Gasteiger partial charge is 0.257 e. The number of hydrogen-bond donors (Lipinski definition) is 2. The maximum absolute atomic E-state index is 12.9. The first kappa shape index (κ1) is 19.0. The first-order valence-corrected chi connectivity index (χ1v) is 8.62. The lowest BCUT2D eigenvalue weighted by molar-refractivity contribution is -0.116. The molecule has 3 rings (SSSR count). The van der Waals surface area contributed by atoms with E-state index in [1.165, 1.54) is 24.4 Å². The van der Waals surface area contributed by atoms with Crippen LogP contribution in [-0.4, -0.2) is 16.8 Å². The summed E-state index contributed by atoms with van der Waals surface area (Å²) in [6.45, 7) is 0.246. The third-order valence-electron chi connectivity index (χ3n) is 3.94. The Labute approximate surface area is 161 Å². The molecule has 2 N–H and O–H groups in total. The van der Waals surface area contributed by atoms with Gasteiger partial charge < -0.3 is 10.6 Å². The number of anilines is 1. The van der Waals surface area contributed by atoms with E-state index in [4.69, 9.17) is 0 Å². The molecular weight excluding hydrogens is 357 g/mol. The van der Waals surface area contributed by atoms with Crippen molar-refractivity contribution >= 4 is 23.6 Å². The number of nitrogens with one attached hydrogen (secondary N) is 2. The quantitative estimate of drug-likeness (QED) is 0.644. The van der Waals surface area contributed by atoms with Crippen molar-refractivity contribution in [3.8, 4) is 0 Å². The van der Waals surface area contributed by atoms with Crippen LogP contribution >= 0.6 is 0 Å². The average Bonchev–Trinajstić information content (AvgIpc) is 2.73. The Kier molecular flexibility index (Phi) is 6.25. The Bertz CT molecular complexity index is 986. The van der Waals surface area contributed by atoms with Gasteiger partial charge in [0.25, 0.3) is 5.91 Å². The van der Waals surface area contributed by atoms with Crippen molar-refractivity contribution in [2.24, 2.45) is 0 Å². The van der Waals surface area contributed by atoms with E-state index in [0.717, 1.165) is 11.1 Å². The number of amides is 2. The van der Waals surface area contributed by atoms with Crippen LogP contribution in [0.15, 0.2) is 79.1 Å². The fourth-order valence-corrected chi connectivity index (χ4v) is 2.48. The molecule has 0 radical (unpaired) electrons. The van der Waals surface area contributed by atoms with Crippen molar-refractivity contribution in [2.75, 3.05) is 5.32 Å². The minimum absolute atomic E-state index is 0.246. The zero-order valence-corrected chi connectivity index (χ0v) is 14.9. The first-order valence-electron chi connectivity index (χ1n) is 8.62. The van der Waals surface area contributed by atoms with Crippen LogP contribution in [-0.2, 0) is 11.3 Å². The summed E-state index contributed by atoms with van der Waals surface area (Å²) in [5.74, 6) is -0.896. The van der Waals surface area contributed by atoms with Gasteiger partial charge in [0.15, 0.2) is 0 Å². The molecule has 1 aromatic heterocycles. The summed E-state index contributed by atoms with van der Waals surface area (Å²) in [4.78, 5) is 28.3. The lowest BCUT2D eigenvalue weighted by Crippen LogP contribution is -2.22. The van der Waals surface area contributed by atoms with Gasteiger partial charge in [-0.05, 0) is 47.5 Å². The average molecular weight is 375 g/mol. The Morgan fingerprint density at radius 2 is 1.79 bits per heavy atom. The number of aromatic nitrogens is 1. The van der Waals surface area contributed by atoms with Crippen molar-refractivity contribution in [1.29, 1.82) is 0 Å². The van der Waals surface area contributed by atoms with Crippen LogP contribution in [0.25, 0.3) is 6.08 Å². The number of carbonyl (C=O) groups excluding carboxylic acids is 2. The molecule has 0 aliphatic rings. The summed E-state index contributed by atoms with van der Waals surface area (Å²) in [6.07, 6.45) is 6.06. The standard InChI is InChI=1S/C22H18FN3O2/c23-19-10-7-16(8-11-19)9-12-21(27)25-15-17-4-1-2-6-20(17)26-22(28)18-5-3-13-24-14-18/h1-14H,15H2,(H,25,27)(H,26,28)/b12-9+. The third-order valence-corrected chi connectivity index (χ3v) is 3.94. The molecule has 0 bridgehead atoms. The molecule has 0 saturated heterocycles. The van der Waals surface area contributed by atoms with E-state index in [1.807, 2.05) is 12.1 Å². The van der Waals surface area contributed by atoms with Gasteiger partial charge in [-0.25, -0.2) is 4.39 Å². The Morgan fingerprint density at radius 3 is 2.54 bits per heavy atom. The molecule has 2 amide bonds. The maximum Gasteiger partial charge on any atom is 0.257 e. The van der Waals surface area contributed by atoms with Crippen molar-refractivity contribution in [3.63, 3.8) is 0 Å². The molecule has 0 spiro atoms. The SMILES string of the molecule is O=C(/C=C/c1ccc(F)cc1)NCc1ccccc1NC(=O)c1cccnc1. The number of rotatable bonds is 6. The van der Waals surface area contributed by atoms with E-state index in [2.05, 4.69) is 15.6 Å². The molecule has 3 aromatic rings. The van der Waals surface area contributed by atoms with E-state index in [0.29, 0.717) is 11.3 Å². The Morgan fingerprint density at radius 1 is 1.00 bits per heavy atom. The zero-order valence-electron chi connectivity index (χ0n) is 14.9. The highest BCUT2D eigenvalue weighted by Crippen LogP contribution is 2.16. The second-order valence-corrected chi connectivity index (χ2v) is 5.96.